The van der Waals surface area contributed by atoms with Gasteiger partial charge in [-0.1, -0.05) is 19.4 Å². The van der Waals surface area contributed by atoms with Gasteiger partial charge in [-0.05, 0) is 24.1 Å². The van der Waals surface area contributed by atoms with Crippen molar-refractivity contribution in [3.8, 4) is 11.5 Å². The zero-order valence-corrected chi connectivity index (χ0v) is 12.7. The molecule has 0 fully saturated rings. The fourth-order valence-electron chi connectivity index (χ4n) is 1.96. The number of halogens is 1. The Hall–Kier alpha value is -1.68. The van der Waals surface area contributed by atoms with Crippen molar-refractivity contribution >= 4 is 12.4 Å². The van der Waals surface area contributed by atoms with Crippen LogP contribution in [0.3, 0.4) is 0 Å². The first-order valence-electron chi connectivity index (χ1n) is 6.59. The van der Waals surface area contributed by atoms with E-state index in [-0.39, 0.29) is 12.4 Å². The van der Waals surface area contributed by atoms with E-state index in [1.807, 2.05) is 16.8 Å². The lowest BCUT2D eigenvalue weighted by molar-refractivity contribution is 0.279. The lowest BCUT2D eigenvalue weighted by atomic mass is 10.1. The molecular formula is C15H21ClN2O2. The first-order valence-corrected chi connectivity index (χ1v) is 6.59. The van der Waals surface area contributed by atoms with Crippen molar-refractivity contribution in [2.75, 3.05) is 13.7 Å². The SMILES string of the molecule is CCCc1ccc(OCCn2ccnc2)c(OC)c1.Cl. The number of hydrogen-bond donors (Lipinski definition) is 0. The Morgan fingerprint density at radius 1 is 1.25 bits per heavy atom. The quantitative estimate of drug-likeness (QED) is 0.786. The standard InChI is InChI=1S/C15H20N2O2.ClH/c1-3-4-13-5-6-14(15(11-13)18-2)19-10-9-17-8-7-16-12-17;/h5-8,11-12H,3-4,9-10H2,1-2H3;1H. The molecule has 0 aliphatic carbocycles. The Balaban J connectivity index is 0.00000200. The smallest absolute Gasteiger partial charge is 0.161 e. The van der Waals surface area contributed by atoms with E-state index in [0.717, 1.165) is 30.9 Å². The third kappa shape index (κ3) is 4.46. The number of aromatic nitrogens is 2. The predicted molar refractivity (Wildman–Crippen MR) is 82.0 cm³/mol. The van der Waals surface area contributed by atoms with Crippen LogP contribution >= 0.6 is 12.4 Å². The molecule has 0 amide bonds. The number of benzene rings is 1. The molecule has 1 aromatic heterocycles. The van der Waals surface area contributed by atoms with E-state index >= 15 is 0 Å². The van der Waals surface area contributed by atoms with Crippen LogP contribution in [-0.2, 0) is 13.0 Å². The summed E-state index contributed by atoms with van der Waals surface area (Å²) in [6.07, 6.45) is 7.66. The van der Waals surface area contributed by atoms with Gasteiger partial charge in [0.05, 0.1) is 20.0 Å². The van der Waals surface area contributed by atoms with E-state index in [0.29, 0.717) is 6.61 Å². The van der Waals surface area contributed by atoms with Gasteiger partial charge in [-0.2, -0.15) is 0 Å². The van der Waals surface area contributed by atoms with Crippen molar-refractivity contribution in [2.24, 2.45) is 0 Å². The maximum absolute atomic E-state index is 5.76. The second-order valence-corrected chi connectivity index (χ2v) is 4.38. The van der Waals surface area contributed by atoms with Crippen LogP contribution < -0.4 is 9.47 Å². The number of nitrogens with zero attached hydrogens (tertiary/aromatic N) is 2. The van der Waals surface area contributed by atoms with Gasteiger partial charge in [-0.25, -0.2) is 4.98 Å². The zero-order valence-electron chi connectivity index (χ0n) is 11.9. The van der Waals surface area contributed by atoms with E-state index in [9.17, 15) is 0 Å². The Bertz CT molecular complexity index is 501. The van der Waals surface area contributed by atoms with Crippen LogP contribution in [-0.4, -0.2) is 23.3 Å². The molecule has 2 aromatic rings. The summed E-state index contributed by atoms with van der Waals surface area (Å²) in [5.74, 6) is 1.60. The molecule has 5 heteroatoms. The monoisotopic (exact) mass is 296 g/mol. The predicted octanol–water partition coefficient (Wildman–Crippen LogP) is 3.35. The van der Waals surface area contributed by atoms with Gasteiger partial charge in [0.25, 0.3) is 0 Å². The van der Waals surface area contributed by atoms with Gasteiger partial charge in [-0.3, -0.25) is 0 Å². The van der Waals surface area contributed by atoms with E-state index in [1.54, 1.807) is 19.6 Å². The van der Waals surface area contributed by atoms with Crippen LogP contribution in [0.2, 0.25) is 0 Å². The average molecular weight is 297 g/mol. The number of hydrogen-bond acceptors (Lipinski definition) is 3. The maximum Gasteiger partial charge on any atom is 0.161 e. The van der Waals surface area contributed by atoms with E-state index < -0.39 is 0 Å². The van der Waals surface area contributed by atoms with Crippen LogP contribution in [0.4, 0.5) is 0 Å². The lowest BCUT2D eigenvalue weighted by Crippen LogP contribution is -2.07. The maximum atomic E-state index is 5.76. The van der Waals surface area contributed by atoms with Gasteiger partial charge >= 0.3 is 0 Å². The van der Waals surface area contributed by atoms with E-state index in [4.69, 9.17) is 9.47 Å². The molecule has 0 spiro atoms. The van der Waals surface area contributed by atoms with Gasteiger partial charge in [0, 0.05) is 12.4 Å². The molecule has 0 radical (unpaired) electrons. The molecule has 1 aromatic carbocycles. The molecule has 0 aliphatic rings. The molecule has 0 saturated heterocycles. The summed E-state index contributed by atoms with van der Waals surface area (Å²) < 4.78 is 13.1. The van der Waals surface area contributed by atoms with Gasteiger partial charge in [0.2, 0.25) is 0 Å². The summed E-state index contributed by atoms with van der Waals surface area (Å²) in [7, 11) is 1.67. The van der Waals surface area contributed by atoms with Crippen LogP contribution in [0.5, 0.6) is 11.5 Å². The second-order valence-electron chi connectivity index (χ2n) is 4.38. The molecule has 0 atom stereocenters. The van der Waals surface area contributed by atoms with E-state index in [2.05, 4.69) is 24.0 Å². The van der Waals surface area contributed by atoms with Crippen molar-refractivity contribution in [3.63, 3.8) is 0 Å². The van der Waals surface area contributed by atoms with Gasteiger partial charge in [0.1, 0.15) is 6.61 Å². The number of methoxy groups -OCH3 is 1. The molecular weight excluding hydrogens is 276 g/mol. The van der Waals surface area contributed by atoms with Crippen molar-refractivity contribution in [3.05, 3.63) is 42.5 Å². The Morgan fingerprint density at radius 3 is 2.75 bits per heavy atom. The van der Waals surface area contributed by atoms with Crippen LogP contribution in [0, 0.1) is 0 Å². The molecule has 4 nitrogen and oxygen atoms in total. The largest absolute Gasteiger partial charge is 0.493 e. The molecule has 20 heavy (non-hydrogen) atoms. The molecule has 0 unspecified atom stereocenters. The first kappa shape index (κ1) is 16.4. The van der Waals surface area contributed by atoms with E-state index in [1.165, 1.54) is 5.56 Å². The Kier molecular flexibility index (Phi) is 6.94. The molecule has 1 heterocycles. The van der Waals surface area contributed by atoms with Crippen molar-refractivity contribution in [2.45, 2.75) is 26.3 Å². The van der Waals surface area contributed by atoms with Crippen LogP contribution in [0.1, 0.15) is 18.9 Å². The lowest BCUT2D eigenvalue weighted by Gasteiger charge is -2.12. The highest BCUT2D eigenvalue weighted by molar-refractivity contribution is 5.85. The molecule has 110 valence electrons. The zero-order chi connectivity index (χ0) is 13.5. The summed E-state index contributed by atoms with van der Waals surface area (Å²) in [5.41, 5.74) is 1.28. The topological polar surface area (TPSA) is 36.3 Å². The highest BCUT2D eigenvalue weighted by Gasteiger charge is 2.05. The minimum absolute atomic E-state index is 0. The summed E-state index contributed by atoms with van der Waals surface area (Å²) in [4.78, 5) is 4.00. The number of ether oxygens (including phenoxy) is 2. The highest BCUT2D eigenvalue weighted by atomic mass is 35.5. The molecule has 0 N–H and O–H groups in total. The number of imidazole rings is 1. The molecule has 2 rings (SSSR count). The summed E-state index contributed by atoms with van der Waals surface area (Å²) in [6.45, 7) is 3.54. The molecule has 0 bridgehead atoms. The number of rotatable bonds is 7. The Labute approximate surface area is 126 Å². The fraction of sp³-hybridized carbons (Fsp3) is 0.400. The average Bonchev–Trinajstić information content (AvgIpc) is 2.93. The molecule has 0 saturated carbocycles. The first-order chi connectivity index (χ1) is 9.33. The molecule has 0 aliphatic heterocycles. The minimum Gasteiger partial charge on any atom is -0.493 e. The summed E-state index contributed by atoms with van der Waals surface area (Å²) in [5, 5.41) is 0. The van der Waals surface area contributed by atoms with Crippen molar-refractivity contribution in [1.82, 2.24) is 9.55 Å². The van der Waals surface area contributed by atoms with Gasteiger partial charge < -0.3 is 14.0 Å². The highest BCUT2D eigenvalue weighted by Crippen LogP contribution is 2.28. The normalized spacial score (nSPS) is 9.90. The van der Waals surface area contributed by atoms with Crippen LogP contribution in [0.25, 0.3) is 0 Å². The third-order valence-electron chi connectivity index (χ3n) is 2.93. The van der Waals surface area contributed by atoms with Gasteiger partial charge in [-0.15, -0.1) is 12.4 Å². The summed E-state index contributed by atoms with van der Waals surface area (Å²) >= 11 is 0. The Morgan fingerprint density at radius 2 is 2.10 bits per heavy atom. The second kappa shape index (κ2) is 8.48. The minimum atomic E-state index is 0. The number of aryl methyl sites for hydroxylation is 1. The van der Waals surface area contributed by atoms with Crippen molar-refractivity contribution in [1.29, 1.82) is 0 Å². The summed E-state index contributed by atoms with van der Waals surface area (Å²) in [6, 6.07) is 6.13. The third-order valence-corrected chi connectivity index (χ3v) is 2.93. The van der Waals surface area contributed by atoms with Crippen molar-refractivity contribution < 1.29 is 9.47 Å². The van der Waals surface area contributed by atoms with Crippen LogP contribution in [0.15, 0.2) is 36.9 Å². The fourth-order valence-corrected chi connectivity index (χ4v) is 1.96. The van der Waals surface area contributed by atoms with Gasteiger partial charge in [0.15, 0.2) is 11.5 Å².